The Kier molecular flexibility index (Phi) is 5.98. The molecule has 0 saturated heterocycles. The Morgan fingerprint density at radius 1 is 1.33 bits per heavy atom. The fraction of sp³-hybridized carbons (Fsp3) is 0.500. The van der Waals surface area contributed by atoms with Gasteiger partial charge in [-0.25, -0.2) is 4.98 Å². The summed E-state index contributed by atoms with van der Waals surface area (Å²) in [5, 5.41) is 13.0. The van der Waals surface area contributed by atoms with Crippen LogP contribution in [0.25, 0.3) is 11.4 Å². The van der Waals surface area contributed by atoms with Gasteiger partial charge in [-0.15, -0.1) is 0 Å². The van der Waals surface area contributed by atoms with Crippen LogP contribution in [-0.2, 0) is 6.54 Å². The zero-order chi connectivity index (χ0) is 19.3. The van der Waals surface area contributed by atoms with Crippen LogP contribution >= 0.6 is 0 Å². The van der Waals surface area contributed by atoms with Gasteiger partial charge in [0.2, 0.25) is 0 Å². The molecule has 1 aromatic heterocycles. The van der Waals surface area contributed by atoms with Crippen molar-refractivity contribution in [1.82, 2.24) is 25.8 Å². The second-order valence-corrected chi connectivity index (χ2v) is 6.71. The third-order valence-electron chi connectivity index (χ3n) is 4.78. The summed E-state index contributed by atoms with van der Waals surface area (Å²) in [5.74, 6) is -0.0481. The topological polar surface area (TPSA) is 78.0 Å². The average Bonchev–Trinajstić information content (AvgIpc) is 3.20. The van der Waals surface area contributed by atoms with Gasteiger partial charge in [0.15, 0.2) is 11.8 Å². The lowest BCUT2D eigenvalue weighted by molar-refractivity contribution is -0.183. The number of rotatable bonds is 4. The summed E-state index contributed by atoms with van der Waals surface area (Å²) in [4.78, 5) is 8.27. The molecule has 2 aromatic rings. The zero-order valence-corrected chi connectivity index (χ0v) is 15.1. The maximum absolute atomic E-state index is 13.0. The molecule has 9 heteroatoms. The highest BCUT2D eigenvalue weighted by atomic mass is 19.4. The molecule has 0 spiro atoms. The summed E-state index contributed by atoms with van der Waals surface area (Å²) >= 11 is 0. The lowest BCUT2D eigenvalue weighted by atomic mass is 9.85. The van der Waals surface area contributed by atoms with Crippen LogP contribution in [0.1, 0.15) is 31.2 Å². The third kappa shape index (κ3) is 5.21. The van der Waals surface area contributed by atoms with Crippen molar-refractivity contribution >= 4 is 5.96 Å². The molecule has 1 aromatic carbocycles. The lowest BCUT2D eigenvalue weighted by Gasteiger charge is -2.31. The second-order valence-electron chi connectivity index (χ2n) is 6.71. The Labute approximate surface area is 155 Å². The SMILES string of the molecule is CN=C(NCc1cccc(-c2ncn[nH]2)c1)NC1CCCC(C(F)(F)F)C1. The highest BCUT2D eigenvalue weighted by Gasteiger charge is 2.42. The molecule has 27 heavy (non-hydrogen) atoms. The van der Waals surface area contributed by atoms with E-state index in [2.05, 4.69) is 30.8 Å². The molecule has 0 bridgehead atoms. The van der Waals surface area contributed by atoms with Crippen LogP contribution in [-0.4, -0.2) is 40.4 Å². The van der Waals surface area contributed by atoms with E-state index in [1.54, 1.807) is 7.05 Å². The van der Waals surface area contributed by atoms with Gasteiger partial charge in [0.25, 0.3) is 0 Å². The van der Waals surface area contributed by atoms with E-state index in [1.807, 2.05) is 24.3 Å². The van der Waals surface area contributed by atoms with Gasteiger partial charge in [0.1, 0.15) is 6.33 Å². The number of halogens is 3. The minimum absolute atomic E-state index is 0.0885. The molecular formula is C18H23F3N6. The van der Waals surface area contributed by atoms with E-state index in [0.717, 1.165) is 11.1 Å². The quantitative estimate of drug-likeness (QED) is 0.562. The first-order valence-corrected chi connectivity index (χ1v) is 8.94. The average molecular weight is 380 g/mol. The molecule has 3 rings (SSSR count). The Morgan fingerprint density at radius 3 is 2.89 bits per heavy atom. The second kappa shape index (κ2) is 8.41. The number of hydrogen-bond donors (Lipinski definition) is 3. The summed E-state index contributed by atoms with van der Waals surface area (Å²) < 4.78 is 38.9. The number of guanidine groups is 1. The monoisotopic (exact) mass is 380 g/mol. The van der Waals surface area contributed by atoms with Crippen molar-refractivity contribution in [2.24, 2.45) is 10.9 Å². The van der Waals surface area contributed by atoms with Crippen LogP contribution in [0.15, 0.2) is 35.6 Å². The van der Waals surface area contributed by atoms with Crippen LogP contribution in [0.4, 0.5) is 13.2 Å². The van der Waals surface area contributed by atoms with Gasteiger partial charge < -0.3 is 10.6 Å². The Balaban J connectivity index is 1.56. The van der Waals surface area contributed by atoms with Gasteiger partial charge in [-0.2, -0.15) is 18.3 Å². The summed E-state index contributed by atoms with van der Waals surface area (Å²) in [5.41, 5.74) is 1.92. The van der Waals surface area contributed by atoms with Crippen molar-refractivity contribution in [2.45, 2.75) is 44.4 Å². The fourth-order valence-corrected chi connectivity index (χ4v) is 3.37. The van der Waals surface area contributed by atoms with Crippen LogP contribution < -0.4 is 10.6 Å². The molecule has 1 fully saturated rings. The van der Waals surface area contributed by atoms with E-state index in [-0.39, 0.29) is 18.9 Å². The Bertz CT molecular complexity index is 757. The maximum Gasteiger partial charge on any atom is 0.391 e. The van der Waals surface area contributed by atoms with E-state index in [4.69, 9.17) is 0 Å². The zero-order valence-electron chi connectivity index (χ0n) is 15.1. The number of nitrogens with zero attached hydrogens (tertiary/aromatic N) is 3. The normalized spacial score (nSPS) is 21.1. The molecule has 2 atom stereocenters. The van der Waals surface area contributed by atoms with Crippen molar-refractivity contribution < 1.29 is 13.2 Å². The molecule has 1 aliphatic carbocycles. The number of H-pyrrole nitrogens is 1. The van der Waals surface area contributed by atoms with E-state index >= 15 is 0 Å². The summed E-state index contributed by atoms with van der Waals surface area (Å²) in [6, 6.07) is 7.55. The molecule has 146 valence electrons. The molecule has 1 heterocycles. The van der Waals surface area contributed by atoms with Gasteiger partial charge in [0, 0.05) is 25.2 Å². The number of aromatic nitrogens is 3. The van der Waals surface area contributed by atoms with Gasteiger partial charge in [0.05, 0.1) is 5.92 Å². The van der Waals surface area contributed by atoms with E-state index in [0.29, 0.717) is 31.2 Å². The number of hydrogen-bond acceptors (Lipinski definition) is 3. The predicted octanol–water partition coefficient (Wildman–Crippen LogP) is 3.26. The first kappa shape index (κ1) is 19.2. The highest BCUT2D eigenvalue weighted by Crippen LogP contribution is 2.37. The Morgan fingerprint density at radius 2 is 2.19 bits per heavy atom. The van der Waals surface area contributed by atoms with Crippen molar-refractivity contribution in [3.05, 3.63) is 36.2 Å². The number of benzene rings is 1. The van der Waals surface area contributed by atoms with Gasteiger partial charge in [-0.1, -0.05) is 24.6 Å². The van der Waals surface area contributed by atoms with Crippen molar-refractivity contribution in [2.75, 3.05) is 7.05 Å². The minimum Gasteiger partial charge on any atom is -0.354 e. The van der Waals surface area contributed by atoms with Crippen molar-refractivity contribution in [1.29, 1.82) is 0 Å². The van der Waals surface area contributed by atoms with Crippen LogP contribution in [0, 0.1) is 5.92 Å². The van der Waals surface area contributed by atoms with E-state index in [9.17, 15) is 13.2 Å². The van der Waals surface area contributed by atoms with E-state index < -0.39 is 12.1 Å². The lowest BCUT2D eigenvalue weighted by Crippen LogP contribution is -2.46. The summed E-state index contributed by atoms with van der Waals surface area (Å²) in [6.07, 6.45) is -1.09. The smallest absolute Gasteiger partial charge is 0.354 e. The molecule has 3 N–H and O–H groups in total. The molecule has 2 unspecified atom stereocenters. The maximum atomic E-state index is 13.0. The Hall–Kier alpha value is -2.58. The van der Waals surface area contributed by atoms with Crippen molar-refractivity contribution in [3.8, 4) is 11.4 Å². The summed E-state index contributed by atoms with van der Waals surface area (Å²) in [6.45, 7) is 0.497. The minimum atomic E-state index is -4.13. The standard InChI is InChI=1S/C18H23F3N6/c1-22-17(26-15-7-3-6-14(9-15)18(19,20)21)23-10-12-4-2-5-13(8-12)16-24-11-25-27-16/h2,4-5,8,11,14-15H,3,6-7,9-10H2,1H3,(H2,22,23,26)(H,24,25,27). The number of aliphatic imine (C=N–C) groups is 1. The molecule has 1 saturated carbocycles. The van der Waals surface area contributed by atoms with Gasteiger partial charge in [-0.3, -0.25) is 10.1 Å². The molecule has 0 radical (unpaired) electrons. The van der Waals surface area contributed by atoms with Crippen LogP contribution in [0.3, 0.4) is 0 Å². The van der Waals surface area contributed by atoms with Gasteiger partial charge in [-0.05, 0) is 30.9 Å². The molecule has 1 aliphatic rings. The molecule has 6 nitrogen and oxygen atoms in total. The predicted molar refractivity (Wildman–Crippen MR) is 97.0 cm³/mol. The number of aromatic amines is 1. The number of alkyl halides is 3. The first-order chi connectivity index (χ1) is 13.0. The van der Waals surface area contributed by atoms with Crippen molar-refractivity contribution in [3.63, 3.8) is 0 Å². The fourth-order valence-electron chi connectivity index (χ4n) is 3.37. The summed E-state index contributed by atoms with van der Waals surface area (Å²) in [7, 11) is 1.62. The van der Waals surface area contributed by atoms with Crippen LogP contribution in [0.2, 0.25) is 0 Å². The highest BCUT2D eigenvalue weighted by molar-refractivity contribution is 5.80. The largest absolute Gasteiger partial charge is 0.391 e. The third-order valence-corrected chi connectivity index (χ3v) is 4.78. The van der Waals surface area contributed by atoms with Crippen LogP contribution in [0.5, 0.6) is 0 Å². The molecule has 0 aliphatic heterocycles. The van der Waals surface area contributed by atoms with E-state index in [1.165, 1.54) is 6.33 Å². The molecular weight excluding hydrogens is 357 g/mol. The molecule has 0 amide bonds. The van der Waals surface area contributed by atoms with Gasteiger partial charge >= 0.3 is 6.18 Å². The number of nitrogens with one attached hydrogen (secondary N) is 3. The first-order valence-electron chi connectivity index (χ1n) is 8.94.